The zero-order valence-electron chi connectivity index (χ0n) is 12.1. The summed E-state index contributed by atoms with van der Waals surface area (Å²) in [4.78, 5) is 0. The molecule has 23 heavy (non-hydrogen) atoms. The van der Waals surface area contributed by atoms with Crippen LogP contribution in [0.5, 0.6) is 0 Å². The quantitative estimate of drug-likeness (QED) is 0.389. The van der Waals surface area contributed by atoms with Gasteiger partial charge in [0.15, 0.2) is 0 Å². The number of benzene rings is 2. The van der Waals surface area contributed by atoms with E-state index in [1.54, 1.807) is 13.0 Å². The van der Waals surface area contributed by atoms with Crippen molar-refractivity contribution < 1.29 is 59.7 Å². The molecule has 0 aliphatic rings. The first-order valence-electron chi connectivity index (χ1n) is 6.29. The van der Waals surface area contributed by atoms with Crippen molar-refractivity contribution in [2.24, 2.45) is 0 Å². The molecule has 0 aromatic heterocycles. The molecule has 6 heteroatoms. The molecule has 0 spiro atoms. The molecule has 0 atom stereocenters. The van der Waals surface area contributed by atoms with Crippen LogP contribution in [0.1, 0.15) is 11.1 Å². The minimum absolute atomic E-state index is 0. The molecule has 119 valence electrons. The molecule has 0 saturated carbocycles. The Morgan fingerprint density at radius 3 is 2.13 bits per heavy atom. The second-order valence-corrected chi connectivity index (χ2v) is 4.90. The SMILES string of the molecule is Cc1cc(C(F)(F)F)ccc1-c1cc2ccccc2[cH-]1.[Cl-].[Cl-].[Ti+3]. The average Bonchev–Trinajstić information content (AvgIpc) is 2.80. The number of hydrogen-bond donors (Lipinski definition) is 0. The van der Waals surface area contributed by atoms with Crippen molar-refractivity contribution in [1.29, 1.82) is 0 Å². The van der Waals surface area contributed by atoms with E-state index in [9.17, 15) is 13.2 Å². The van der Waals surface area contributed by atoms with Crippen LogP contribution in [0.25, 0.3) is 21.9 Å². The van der Waals surface area contributed by atoms with Crippen molar-refractivity contribution >= 4 is 10.8 Å². The normalized spacial score (nSPS) is 10.4. The Labute approximate surface area is 160 Å². The summed E-state index contributed by atoms with van der Waals surface area (Å²) in [5, 5.41) is 2.20. The van der Waals surface area contributed by atoms with Gasteiger partial charge in [0.1, 0.15) is 0 Å². The molecule has 0 amide bonds. The van der Waals surface area contributed by atoms with Crippen LogP contribution in [0.15, 0.2) is 54.6 Å². The Balaban J connectivity index is 0.00000161. The van der Waals surface area contributed by atoms with Crippen LogP contribution in [-0.2, 0) is 27.9 Å². The maximum Gasteiger partial charge on any atom is 3.00 e. The third-order valence-corrected chi connectivity index (χ3v) is 3.48. The average molecular weight is 392 g/mol. The summed E-state index contributed by atoms with van der Waals surface area (Å²) >= 11 is 0. The van der Waals surface area contributed by atoms with E-state index in [0.29, 0.717) is 5.56 Å². The summed E-state index contributed by atoms with van der Waals surface area (Å²) in [7, 11) is 0. The monoisotopic (exact) mass is 391 g/mol. The minimum atomic E-state index is -4.29. The van der Waals surface area contributed by atoms with E-state index in [1.807, 2.05) is 36.4 Å². The van der Waals surface area contributed by atoms with Crippen LogP contribution < -0.4 is 24.8 Å². The Morgan fingerprint density at radius 1 is 0.913 bits per heavy atom. The van der Waals surface area contributed by atoms with Crippen molar-refractivity contribution in [3.05, 3.63) is 65.7 Å². The van der Waals surface area contributed by atoms with E-state index in [0.717, 1.165) is 28.0 Å². The van der Waals surface area contributed by atoms with Crippen molar-refractivity contribution in [3.63, 3.8) is 0 Å². The summed E-state index contributed by atoms with van der Waals surface area (Å²) in [6, 6.07) is 15.8. The molecular weight excluding hydrogens is 380 g/mol. The number of rotatable bonds is 1. The van der Waals surface area contributed by atoms with Crippen molar-refractivity contribution in [2.75, 3.05) is 0 Å². The van der Waals surface area contributed by atoms with Gasteiger partial charge in [0.05, 0.1) is 5.56 Å². The van der Waals surface area contributed by atoms with Gasteiger partial charge in [-0.05, 0) is 6.92 Å². The van der Waals surface area contributed by atoms with E-state index in [2.05, 4.69) is 0 Å². The van der Waals surface area contributed by atoms with Gasteiger partial charge < -0.3 is 24.8 Å². The van der Waals surface area contributed by atoms with E-state index in [1.165, 1.54) is 6.07 Å². The molecule has 3 aromatic rings. The molecule has 0 unspecified atom stereocenters. The van der Waals surface area contributed by atoms with Crippen molar-refractivity contribution in [3.8, 4) is 11.1 Å². The fraction of sp³-hybridized carbons (Fsp3) is 0.118. The van der Waals surface area contributed by atoms with Gasteiger partial charge >= 0.3 is 27.9 Å². The summed E-state index contributed by atoms with van der Waals surface area (Å²) in [5.41, 5.74) is 1.83. The van der Waals surface area contributed by atoms with Gasteiger partial charge in [0.2, 0.25) is 0 Å². The standard InChI is InChI=1S/C17H12F3.2ClH.Ti/c1-11-8-15(17(18,19)20)6-7-16(11)14-9-12-4-2-3-5-13(12)10-14;;;/h2-10H,1H3;2*1H;/q-1;;;+3/p-2. The summed E-state index contributed by atoms with van der Waals surface area (Å²) in [6.07, 6.45) is -4.29. The summed E-state index contributed by atoms with van der Waals surface area (Å²) in [5.74, 6) is 0. The van der Waals surface area contributed by atoms with Gasteiger partial charge in [-0.2, -0.15) is 13.2 Å². The largest absolute Gasteiger partial charge is 3.00 e. The molecule has 3 rings (SSSR count). The van der Waals surface area contributed by atoms with Gasteiger partial charge in [0.25, 0.3) is 0 Å². The third kappa shape index (κ3) is 4.57. The Bertz CT molecular complexity index is 746. The van der Waals surface area contributed by atoms with Crippen LogP contribution in [0.3, 0.4) is 0 Å². The second-order valence-electron chi connectivity index (χ2n) is 4.90. The van der Waals surface area contributed by atoms with Crippen LogP contribution >= 0.6 is 0 Å². The smallest absolute Gasteiger partial charge is 1.00 e. The predicted octanol–water partition coefficient (Wildman–Crippen LogP) is -0.442. The first-order chi connectivity index (χ1) is 9.45. The summed E-state index contributed by atoms with van der Waals surface area (Å²) < 4.78 is 38.0. The fourth-order valence-corrected chi connectivity index (χ4v) is 2.47. The van der Waals surface area contributed by atoms with E-state index in [-0.39, 0.29) is 46.5 Å². The molecule has 0 heterocycles. The molecule has 0 nitrogen and oxygen atoms in total. The number of fused-ring (bicyclic) bond motifs is 1. The molecule has 0 bridgehead atoms. The number of alkyl halides is 3. The first-order valence-corrected chi connectivity index (χ1v) is 6.29. The van der Waals surface area contributed by atoms with Gasteiger partial charge in [-0.15, -0.1) is 34.5 Å². The molecule has 0 N–H and O–H groups in total. The number of aryl methyl sites for hydroxylation is 1. The van der Waals surface area contributed by atoms with E-state index >= 15 is 0 Å². The first kappa shape index (κ1) is 22.1. The van der Waals surface area contributed by atoms with Crippen molar-refractivity contribution in [1.82, 2.24) is 0 Å². The molecule has 0 saturated heterocycles. The molecule has 3 aromatic carbocycles. The van der Waals surface area contributed by atoms with Crippen LogP contribution in [-0.4, -0.2) is 0 Å². The molecule has 0 aliphatic carbocycles. The van der Waals surface area contributed by atoms with Crippen LogP contribution in [0.4, 0.5) is 13.2 Å². The molecule has 1 radical (unpaired) electrons. The Kier molecular flexibility index (Phi) is 7.98. The minimum Gasteiger partial charge on any atom is -1.00 e. The zero-order valence-corrected chi connectivity index (χ0v) is 15.2. The maximum atomic E-state index is 12.7. The zero-order chi connectivity index (χ0) is 14.3. The molecule has 0 fully saturated rings. The molecular formula is C17H12Cl2F3Ti. The predicted molar refractivity (Wildman–Crippen MR) is 74.7 cm³/mol. The Morgan fingerprint density at radius 2 is 1.57 bits per heavy atom. The number of hydrogen-bond acceptors (Lipinski definition) is 0. The topological polar surface area (TPSA) is 0 Å². The van der Waals surface area contributed by atoms with Gasteiger partial charge in [0, 0.05) is 0 Å². The maximum absolute atomic E-state index is 12.7. The van der Waals surface area contributed by atoms with E-state index in [4.69, 9.17) is 0 Å². The van der Waals surface area contributed by atoms with Gasteiger partial charge in [-0.25, -0.2) is 0 Å². The van der Waals surface area contributed by atoms with Gasteiger partial charge in [-0.3, -0.25) is 0 Å². The Hall–Kier alpha value is -0.866. The molecule has 0 aliphatic heterocycles. The summed E-state index contributed by atoms with van der Waals surface area (Å²) in [6.45, 7) is 1.71. The third-order valence-electron chi connectivity index (χ3n) is 3.48. The van der Waals surface area contributed by atoms with E-state index < -0.39 is 11.7 Å². The van der Waals surface area contributed by atoms with Crippen LogP contribution in [0, 0.1) is 6.92 Å². The number of halogens is 5. The van der Waals surface area contributed by atoms with Crippen LogP contribution in [0.2, 0.25) is 0 Å². The second kappa shape index (κ2) is 8.30. The van der Waals surface area contributed by atoms with Gasteiger partial charge in [-0.1, -0.05) is 47.5 Å². The van der Waals surface area contributed by atoms with Crippen molar-refractivity contribution in [2.45, 2.75) is 13.1 Å². The fourth-order valence-electron chi connectivity index (χ4n) is 2.47.